The van der Waals surface area contributed by atoms with Gasteiger partial charge in [0.1, 0.15) is 4.88 Å². The largest absolute Gasteiger partial charge is 0.425 e. The van der Waals surface area contributed by atoms with Gasteiger partial charge < -0.3 is 9.80 Å². The number of halogens is 3. The fraction of sp³-hybridized carbons (Fsp3) is 0.579. The van der Waals surface area contributed by atoms with Crippen LogP contribution in [0.4, 0.5) is 18.3 Å². The van der Waals surface area contributed by atoms with Crippen molar-refractivity contribution in [1.29, 1.82) is 0 Å². The van der Waals surface area contributed by atoms with Gasteiger partial charge >= 0.3 is 6.18 Å². The van der Waals surface area contributed by atoms with Gasteiger partial charge in [0.2, 0.25) is 0 Å². The Morgan fingerprint density at radius 1 is 1.03 bits per heavy atom. The van der Waals surface area contributed by atoms with Crippen molar-refractivity contribution >= 4 is 33.7 Å². The number of hydrogen-bond donors (Lipinski definition) is 0. The topological polar surface area (TPSA) is 39.7 Å². The first kappa shape index (κ1) is 20.6. The third kappa shape index (κ3) is 4.92. The highest BCUT2D eigenvalue weighted by Gasteiger charge is 2.34. The summed E-state index contributed by atoms with van der Waals surface area (Å²) >= 11 is 2.13. The molecular weight excluding hydrogens is 421 g/mol. The maximum absolute atomic E-state index is 12.8. The number of carbonyl (C=O) groups is 1. The quantitative estimate of drug-likeness (QED) is 0.710. The molecule has 0 aromatic carbocycles. The van der Waals surface area contributed by atoms with Crippen LogP contribution in [0.15, 0.2) is 17.5 Å². The lowest BCUT2D eigenvalue weighted by atomic mass is 10.1. The van der Waals surface area contributed by atoms with Gasteiger partial charge in [-0.15, -0.1) is 22.7 Å². The molecule has 4 heterocycles. The van der Waals surface area contributed by atoms with E-state index in [2.05, 4.69) is 15.2 Å². The summed E-state index contributed by atoms with van der Waals surface area (Å²) in [5, 5.41) is 3.06. The van der Waals surface area contributed by atoms with E-state index in [1.165, 1.54) is 25.3 Å². The molecule has 2 fully saturated rings. The molecule has 158 valence electrons. The zero-order valence-corrected chi connectivity index (χ0v) is 17.6. The number of piperazine rings is 1. The van der Waals surface area contributed by atoms with Crippen LogP contribution in [0.2, 0.25) is 0 Å². The number of piperidine rings is 1. The predicted octanol–water partition coefficient (Wildman–Crippen LogP) is 4.17. The van der Waals surface area contributed by atoms with Crippen molar-refractivity contribution in [2.24, 2.45) is 0 Å². The molecule has 0 aliphatic carbocycles. The number of likely N-dealkylation sites (tertiary alicyclic amines) is 1. The summed E-state index contributed by atoms with van der Waals surface area (Å²) in [7, 11) is 0. The molecule has 0 radical (unpaired) electrons. The Kier molecular flexibility index (Phi) is 6.12. The molecule has 4 rings (SSSR count). The van der Waals surface area contributed by atoms with E-state index in [9.17, 15) is 18.0 Å². The molecule has 5 nitrogen and oxygen atoms in total. The summed E-state index contributed by atoms with van der Waals surface area (Å²) in [6, 6.07) is 2.25. The third-order valence-electron chi connectivity index (χ3n) is 5.31. The van der Waals surface area contributed by atoms with Crippen molar-refractivity contribution in [3.8, 4) is 0 Å². The third-order valence-corrected chi connectivity index (χ3v) is 7.38. The fourth-order valence-corrected chi connectivity index (χ4v) is 5.43. The molecule has 1 amide bonds. The number of nitrogens with zero attached hydrogens (tertiary/aromatic N) is 4. The lowest BCUT2D eigenvalue weighted by molar-refractivity contribution is -0.134. The van der Waals surface area contributed by atoms with E-state index in [1.54, 1.807) is 16.2 Å². The Labute approximate surface area is 175 Å². The van der Waals surface area contributed by atoms with Gasteiger partial charge in [0.15, 0.2) is 5.13 Å². The molecule has 0 atom stereocenters. The van der Waals surface area contributed by atoms with Crippen LogP contribution in [0.5, 0.6) is 0 Å². The molecule has 10 heteroatoms. The summed E-state index contributed by atoms with van der Waals surface area (Å²) in [6.07, 6.45) is -0.590. The Bertz CT molecular complexity index is 837. The zero-order valence-electron chi connectivity index (χ0n) is 16.0. The van der Waals surface area contributed by atoms with Crippen LogP contribution in [0, 0.1) is 0 Å². The number of carbonyl (C=O) groups excluding carboxylic acids is 1. The van der Waals surface area contributed by atoms with Crippen molar-refractivity contribution in [2.45, 2.75) is 32.0 Å². The smallest absolute Gasteiger partial charge is 0.345 e. The van der Waals surface area contributed by atoms with E-state index in [0.717, 1.165) is 36.5 Å². The lowest BCUT2D eigenvalue weighted by Crippen LogP contribution is -2.48. The molecule has 2 aromatic heterocycles. The van der Waals surface area contributed by atoms with Crippen molar-refractivity contribution in [3.63, 3.8) is 0 Å². The summed E-state index contributed by atoms with van der Waals surface area (Å²) in [5.74, 6) is -0.324. The number of thiazole rings is 1. The highest BCUT2D eigenvalue weighted by molar-refractivity contribution is 7.14. The summed E-state index contributed by atoms with van der Waals surface area (Å²) in [5.41, 5.74) is 1.09. The Hall–Kier alpha value is -1.65. The minimum absolute atomic E-state index is 0.142. The summed E-state index contributed by atoms with van der Waals surface area (Å²) in [6.45, 7) is 5.39. The van der Waals surface area contributed by atoms with Crippen LogP contribution in [0.3, 0.4) is 0 Å². The van der Waals surface area contributed by atoms with Crippen LogP contribution in [0.25, 0.3) is 0 Å². The maximum Gasteiger partial charge on any atom is 0.425 e. The average Bonchev–Trinajstić information content (AvgIpc) is 3.38. The molecule has 2 aromatic rings. The van der Waals surface area contributed by atoms with Crippen LogP contribution < -0.4 is 4.90 Å². The average molecular weight is 445 g/mol. The van der Waals surface area contributed by atoms with E-state index in [0.29, 0.717) is 37.5 Å². The number of aromatic nitrogens is 1. The van der Waals surface area contributed by atoms with Crippen LogP contribution in [-0.4, -0.2) is 60.0 Å². The van der Waals surface area contributed by atoms with Gasteiger partial charge in [-0.1, -0.05) is 6.42 Å². The number of hydrogen-bond acceptors (Lipinski definition) is 6. The Balaban J connectivity index is 1.31. The number of alkyl halides is 3. The van der Waals surface area contributed by atoms with Crippen LogP contribution in [-0.2, 0) is 12.7 Å². The lowest BCUT2D eigenvalue weighted by Gasteiger charge is -2.34. The van der Waals surface area contributed by atoms with E-state index in [-0.39, 0.29) is 10.8 Å². The first-order valence-electron chi connectivity index (χ1n) is 9.78. The second kappa shape index (κ2) is 8.61. The number of rotatable bonds is 4. The highest BCUT2D eigenvalue weighted by Crippen LogP contribution is 2.35. The molecule has 0 saturated carbocycles. The molecule has 0 spiro atoms. The van der Waals surface area contributed by atoms with Crippen molar-refractivity contribution in [2.75, 3.05) is 44.2 Å². The standard InChI is InChI=1S/C19H23F3N4OS2/c20-19(21,22)16-5-4-15(29-16)17(27)25-8-10-26(11-9-25)18-23-14(13-28-18)12-24-6-2-1-3-7-24/h4-5,13H,1-3,6-12H2. The SMILES string of the molecule is O=C(c1ccc(C(F)(F)F)s1)N1CCN(c2nc(CN3CCCCC3)cs2)CC1. The van der Waals surface area contributed by atoms with Gasteiger partial charge in [-0.3, -0.25) is 9.69 Å². The van der Waals surface area contributed by atoms with Gasteiger partial charge in [-0.25, -0.2) is 4.98 Å². The first-order valence-corrected chi connectivity index (χ1v) is 11.5. The maximum atomic E-state index is 12.8. The second-order valence-corrected chi connectivity index (χ2v) is 9.32. The Morgan fingerprint density at radius 3 is 2.41 bits per heavy atom. The van der Waals surface area contributed by atoms with Crippen LogP contribution in [0.1, 0.15) is 39.5 Å². The summed E-state index contributed by atoms with van der Waals surface area (Å²) < 4.78 is 38.3. The van der Waals surface area contributed by atoms with E-state index >= 15 is 0 Å². The Morgan fingerprint density at radius 2 is 1.76 bits per heavy atom. The molecule has 0 bridgehead atoms. The second-order valence-electron chi connectivity index (χ2n) is 7.40. The minimum atomic E-state index is -4.40. The normalized spacial score (nSPS) is 19.0. The highest BCUT2D eigenvalue weighted by atomic mass is 32.1. The van der Waals surface area contributed by atoms with E-state index < -0.39 is 11.1 Å². The molecule has 2 aliphatic heterocycles. The molecule has 29 heavy (non-hydrogen) atoms. The van der Waals surface area contributed by atoms with Crippen molar-refractivity contribution in [3.05, 3.63) is 33.0 Å². The molecule has 2 aliphatic rings. The zero-order chi connectivity index (χ0) is 20.4. The number of anilines is 1. The van der Waals surface area contributed by atoms with Gasteiger partial charge in [0.05, 0.1) is 10.6 Å². The molecule has 2 saturated heterocycles. The molecule has 0 unspecified atom stereocenters. The number of amides is 1. The van der Waals surface area contributed by atoms with E-state index in [1.807, 2.05) is 0 Å². The predicted molar refractivity (Wildman–Crippen MR) is 109 cm³/mol. The van der Waals surface area contributed by atoms with Gasteiger partial charge in [-0.2, -0.15) is 13.2 Å². The van der Waals surface area contributed by atoms with Crippen LogP contribution >= 0.6 is 22.7 Å². The van der Waals surface area contributed by atoms with Gasteiger partial charge in [0.25, 0.3) is 5.91 Å². The fourth-order valence-electron chi connectivity index (χ4n) is 3.72. The summed E-state index contributed by atoms with van der Waals surface area (Å²) in [4.78, 5) is 22.9. The molecule has 0 N–H and O–H groups in total. The molecular formula is C19H23F3N4OS2. The number of thiophene rings is 1. The minimum Gasteiger partial charge on any atom is -0.345 e. The van der Waals surface area contributed by atoms with E-state index in [4.69, 9.17) is 4.98 Å². The van der Waals surface area contributed by atoms with Crippen molar-refractivity contribution in [1.82, 2.24) is 14.8 Å². The first-order chi connectivity index (χ1) is 13.9. The van der Waals surface area contributed by atoms with Gasteiger partial charge in [0, 0.05) is 38.1 Å². The monoisotopic (exact) mass is 444 g/mol. The van der Waals surface area contributed by atoms with Gasteiger partial charge in [-0.05, 0) is 38.1 Å². The van der Waals surface area contributed by atoms with Crippen molar-refractivity contribution < 1.29 is 18.0 Å².